The molecule has 9 aromatic rings. The van der Waals surface area contributed by atoms with Crippen LogP contribution < -0.4 is 0 Å². The Bertz CT molecular complexity index is 3620. The van der Waals surface area contributed by atoms with E-state index in [1.807, 2.05) is 118 Å². The summed E-state index contributed by atoms with van der Waals surface area (Å²) in [6.45, 7) is 20.3. The van der Waals surface area contributed by atoms with Crippen LogP contribution in [-0.2, 0) is 0 Å². The number of aromatic nitrogens is 6. The van der Waals surface area contributed by atoms with Crippen LogP contribution in [0.5, 0.6) is 0 Å². The van der Waals surface area contributed by atoms with E-state index in [1.165, 1.54) is 25.7 Å². The number of ketones is 3. The van der Waals surface area contributed by atoms with Crippen LogP contribution in [0, 0.1) is 49.9 Å². The van der Waals surface area contributed by atoms with Crippen molar-refractivity contribution in [2.75, 3.05) is 58.9 Å². The lowest BCUT2D eigenvalue weighted by atomic mass is 9.98. The van der Waals surface area contributed by atoms with Crippen molar-refractivity contribution in [2.45, 2.75) is 87.5 Å². The molecule has 430 valence electrons. The average Bonchev–Trinajstić information content (AvgIpc) is 4.25. The number of halogens is 2. The van der Waals surface area contributed by atoms with Crippen LogP contribution in [0.1, 0.15) is 121 Å². The summed E-state index contributed by atoms with van der Waals surface area (Å²) < 4.78 is 6.22. The molecule has 3 aliphatic heterocycles. The molecule has 15 heteroatoms. The second-order valence-electron chi connectivity index (χ2n) is 22.8. The van der Waals surface area contributed by atoms with Gasteiger partial charge in [0.15, 0.2) is 17.3 Å². The fourth-order valence-corrected chi connectivity index (χ4v) is 12.4. The van der Waals surface area contributed by atoms with Gasteiger partial charge in [0.25, 0.3) is 0 Å². The van der Waals surface area contributed by atoms with Crippen molar-refractivity contribution in [1.82, 2.24) is 43.4 Å². The Hall–Kier alpha value is -7.31. The molecule has 3 aromatic carbocycles. The van der Waals surface area contributed by atoms with Crippen molar-refractivity contribution < 1.29 is 14.4 Å². The van der Waals surface area contributed by atoms with E-state index in [1.54, 1.807) is 30.7 Å². The van der Waals surface area contributed by atoms with Gasteiger partial charge in [-0.15, -0.1) is 0 Å². The Balaban J connectivity index is 0.000000149. The number of fused-ring (bicyclic) bond motifs is 3. The van der Waals surface area contributed by atoms with Gasteiger partial charge in [-0.25, -0.2) is 15.0 Å². The zero-order valence-electron chi connectivity index (χ0n) is 47.9. The molecule has 0 unspecified atom stereocenters. The van der Waals surface area contributed by atoms with Crippen molar-refractivity contribution in [3.8, 4) is 23.3 Å². The minimum absolute atomic E-state index is 0. The number of hydrogen-bond donors (Lipinski definition) is 0. The maximum atomic E-state index is 13.3. The zero-order chi connectivity index (χ0) is 57.6. The molecule has 0 amide bonds. The van der Waals surface area contributed by atoms with Gasteiger partial charge in [-0.05, 0) is 171 Å². The van der Waals surface area contributed by atoms with E-state index in [0.717, 1.165) is 154 Å². The summed E-state index contributed by atoms with van der Waals surface area (Å²) in [4.78, 5) is 59.5. The molecule has 0 saturated carbocycles. The standard InChI is InChI=1S/C23H24N4O.2C22H24ClN3O.CH4/c1-16-9-11-26(12-10-16)15-22(28)23-17(2)27(21-6-4-3-5-20(21)23)19-8-7-18(13-24)25-14-19;1-15-9-11-25(12-10-15)14-20(27)22-16(2)26(17-7-8-21(23)24-13-17)19-6-4-3-5-18(19)22;1-15-9-11-25(12-10-15)14-20(27)22-16(2)26(19-6-4-3-5-18(19)22)21-8-7-17(23)13-24-21;/h3-8,14,16H,9-12,15H2,1-2H3;2*3-8,13,15H,9-12,14H2,1-2H3;1H4. The van der Waals surface area contributed by atoms with Gasteiger partial charge in [-0.3, -0.25) is 33.7 Å². The number of hydrogen-bond acceptors (Lipinski definition) is 10. The van der Waals surface area contributed by atoms with E-state index in [4.69, 9.17) is 28.5 Å². The van der Waals surface area contributed by atoms with Crippen LogP contribution in [0.15, 0.2) is 128 Å². The third-order valence-electron chi connectivity index (χ3n) is 16.9. The van der Waals surface area contributed by atoms with Gasteiger partial charge in [0.1, 0.15) is 22.7 Å². The highest BCUT2D eigenvalue weighted by Crippen LogP contribution is 2.34. The fraction of sp³-hybridized carbons (Fsp3) is 0.368. The summed E-state index contributed by atoms with van der Waals surface area (Å²) in [6.07, 6.45) is 12.1. The number of rotatable bonds is 12. The van der Waals surface area contributed by atoms with Crippen LogP contribution in [0.2, 0.25) is 10.2 Å². The van der Waals surface area contributed by atoms with Crippen LogP contribution >= 0.6 is 23.2 Å². The Labute approximate surface area is 498 Å². The molecule has 0 radical (unpaired) electrons. The second kappa shape index (κ2) is 26.9. The van der Waals surface area contributed by atoms with E-state index < -0.39 is 0 Å². The fourth-order valence-electron chi connectivity index (χ4n) is 12.2. The molecule has 6 aromatic heterocycles. The third kappa shape index (κ3) is 13.4. The Morgan fingerprint density at radius 3 is 1.20 bits per heavy atom. The van der Waals surface area contributed by atoms with Crippen LogP contribution in [0.3, 0.4) is 0 Å². The summed E-state index contributed by atoms with van der Waals surface area (Å²) in [7, 11) is 0. The minimum Gasteiger partial charge on any atom is -0.312 e. The van der Waals surface area contributed by atoms with E-state index in [9.17, 15) is 14.4 Å². The van der Waals surface area contributed by atoms with E-state index >= 15 is 0 Å². The zero-order valence-corrected chi connectivity index (χ0v) is 49.4. The number of likely N-dealkylation sites (tertiary alicyclic amines) is 3. The van der Waals surface area contributed by atoms with Gasteiger partial charge < -0.3 is 9.13 Å². The summed E-state index contributed by atoms with van der Waals surface area (Å²) in [6, 6.07) is 37.2. The van der Waals surface area contributed by atoms with Crippen LogP contribution in [0.4, 0.5) is 0 Å². The topological polar surface area (TPSA) is 138 Å². The second-order valence-corrected chi connectivity index (χ2v) is 23.6. The highest BCUT2D eigenvalue weighted by atomic mass is 35.5. The molecule has 3 aliphatic rings. The first kappa shape index (κ1) is 60.3. The van der Waals surface area contributed by atoms with Crippen molar-refractivity contribution in [3.63, 3.8) is 0 Å². The number of carbonyl (C=O) groups excluding carboxylic acids is 3. The molecule has 3 saturated heterocycles. The van der Waals surface area contributed by atoms with Gasteiger partial charge >= 0.3 is 0 Å². The Morgan fingerprint density at radius 1 is 0.482 bits per heavy atom. The lowest BCUT2D eigenvalue weighted by Gasteiger charge is -2.29. The maximum Gasteiger partial charge on any atom is 0.179 e. The molecule has 3 fully saturated rings. The number of nitriles is 1. The van der Waals surface area contributed by atoms with Crippen molar-refractivity contribution in [1.29, 1.82) is 5.26 Å². The third-order valence-corrected chi connectivity index (χ3v) is 17.4. The first-order valence-electron chi connectivity index (χ1n) is 28.8. The van der Waals surface area contributed by atoms with Gasteiger partial charge in [-0.1, -0.05) is 106 Å². The lowest BCUT2D eigenvalue weighted by Crippen LogP contribution is -2.36. The Morgan fingerprint density at radius 2 is 0.855 bits per heavy atom. The number of Topliss-reactive ketones (excluding diaryl/α,β-unsaturated/α-hetero) is 3. The molecular formula is C68H76Cl2N10O3. The predicted octanol–water partition coefficient (Wildman–Crippen LogP) is 14.6. The highest BCUT2D eigenvalue weighted by molar-refractivity contribution is 6.30. The smallest absolute Gasteiger partial charge is 0.179 e. The van der Waals surface area contributed by atoms with Gasteiger partial charge in [0.2, 0.25) is 0 Å². The van der Waals surface area contributed by atoms with E-state index in [0.29, 0.717) is 35.5 Å². The molecule has 0 atom stereocenters. The first-order valence-corrected chi connectivity index (χ1v) is 29.6. The monoisotopic (exact) mass is 1150 g/mol. The average molecular weight is 1150 g/mol. The Kier molecular flexibility index (Phi) is 19.6. The molecule has 0 N–H and O–H groups in total. The highest BCUT2D eigenvalue weighted by Gasteiger charge is 2.28. The van der Waals surface area contributed by atoms with Crippen molar-refractivity contribution >= 4 is 73.3 Å². The number of carbonyl (C=O) groups is 3. The van der Waals surface area contributed by atoms with Crippen LogP contribution in [0.25, 0.3) is 49.9 Å². The molecule has 0 aliphatic carbocycles. The number of para-hydroxylation sites is 3. The first-order chi connectivity index (χ1) is 39.7. The number of benzene rings is 3. The van der Waals surface area contributed by atoms with Gasteiger partial charge in [0, 0.05) is 56.1 Å². The minimum atomic E-state index is 0. The number of nitrogens with zero attached hydrogens (tertiary/aromatic N) is 10. The lowest BCUT2D eigenvalue weighted by molar-refractivity contribution is 0.0893. The summed E-state index contributed by atoms with van der Waals surface area (Å²) >= 11 is 12.0. The summed E-state index contributed by atoms with van der Waals surface area (Å²) in [5, 5.41) is 13.0. The largest absolute Gasteiger partial charge is 0.312 e. The quantitative estimate of drug-likeness (QED) is 0.0858. The van der Waals surface area contributed by atoms with E-state index in [2.05, 4.69) is 70.2 Å². The maximum absolute atomic E-state index is 13.3. The summed E-state index contributed by atoms with van der Waals surface area (Å²) in [5.74, 6) is 3.60. The van der Waals surface area contributed by atoms with Crippen LogP contribution in [-0.4, -0.2) is 120 Å². The molecule has 12 rings (SSSR count). The molecule has 0 bridgehead atoms. The summed E-state index contributed by atoms with van der Waals surface area (Å²) in [5.41, 5.74) is 10.4. The number of piperidine rings is 3. The predicted molar refractivity (Wildman–Crippen MR) is 336 cm³/mol. The molecule has 13 nitrogen and oxygen atoms in total. The van der Waals surface area contributed by atoms with Crippen molar-refractivity contribution in [2.24, 2.45) is 17.8 Å². The number of pyridine rings is 3. The van der Waals surface area contributed by atoms with Gasteiger partial charge in [-0.2, -0.15) is 5.26 Å². The normalized spacial score (nSPS) is 15.7. The molecular weight excluding hydrogens is 1080 g/mol. The van der Waals surface area contributed by atoms with E-state index in [-0.39, 0.29) is 24.8 Å². The SMILES string of the molecule is C.Cc1c(C(=O)CN2CCC(C)CC2)c2ccccc2n1-c1ccc(C#N)nc1.Cc1c(C(=O)CN2CCC(C)CC2)c2ccccc2n1-c1ccc(Cl)cn1.Cc1c(C(=O)CN2CCC(C)CC2)c2ccccc2n1-c1ccc(Cl)nc1. The molecule has 83 heavy (non-hydrogen) atoms. The molecule has 9 heterocycles. The van der Waals surface area contributed by atoms with Gasteiger partial charge in [0.05, 0.1) is 65.0 Å². The molecule has 0 spiro atoms. The van der Waals surface area contributed by atoms with Crippen molar-refractivity contribution in [3.05, 3.63) is 177 Å².